The van der Waals surface area contributed by atoms with E-state index in [0.29, 0.717) is 6.42 Å². The maximum absolute atomic E-state index is 14.3. The minimum absolute atomic E-state index is 0.00357. The largest absolute Gasteiger partial charge is 0.379 e. The Labute approximate surface area is 249 Å². The highest BCUT2D eigenvalue weighted by Crippen LogP contribution is 2.55. The summed E-state index contributed by atoms with van der Waals surface area (Å²) in [7, 11) is -4.12. The smallest absolute Gasteiger partial charge is 0.361 e. The van der Waals surface area contributed by atoms with Gasteiger partial charge in [-0.1, -0.05) is 135 Å². The van der Waals surface area contributed by atoms with Crippen molar-refractivity contribution in [1.82, 2.24) is 5.32 Å². The molecule has 6 nitrogen and oxygen atoms in total. The zero-order valence-corrected chi connectivity index (χ0v) is 25.1. The maximum atomic E-state index is 14.3. The van der Waals surface area contributed by atoms with Crippen LogP contribution in [0.25, 0.3) is 0 Å². The van der Waals surface area contributed by atoms with E-state index in [0.717, 1.165) is 22.3 Å². The van der Waals surface area contributed by atoms with E-state index in [4.69, 9.17) is 9.05 Å². The number of hydrogen-bond acceptors (Lipinski definition) is 5. The monoisotopic (exact) mass is 585 g/mol. The first-order valence-corrected chi connectivity index (χ1v) is 16.0. The van der Waals surface area contributed by atoms with E-state index in [2.05, 4.69) is 5.32 Å². The molecule has 4 aromatic rings. The number of rotatable bonds is 15. The van der Waals surface area contributed by atoms with Gasteiger partial charge in [0.05, 0.1) is 19.3 Å². The van der Waals surface area contributed by atoms with Crippen LogP contribution in [-0.4, -0.2) is 22.9 Å². The fourth-order valence-electron chi connectivity index (χ4n) is 4.90. The third-order valence-electron chi connectivity index (χ3n) is 7.06. The molecule has 0 saturated heterocycles. The first kappa shape index (κ1) is 31.4. The van der Waals surface area contributed by atoms with Gasteiger partial charge in [0, 0.05) is 12.3 Å². The van der Waals surface area contributed by atoms with Gasteiger partial charge in [0.2, 0.25) is 5.91 Å². The van der Waals surface area contributed by atoms with Gasteiger partial charge in [0.15, 0.2) is 5.85 Å². The summed E-state index contributed by atoms with van der Waals surface area (Å²) < 4.78 is 26.1. The lowest BCUT2D eigenvalue weighted by molar-refractivity contribution is -0.122. The molecule has 220 valence electrons. The van der Waals surface area contributed by atoms with Crippen molar-refractivity contribution in [3.63, 3.8) is 0 Å². The third-order valence-corrected chi connectivity index (χ3v) is 9.04. The van der Waals surface area contributed by atoms with Gasteiger partial charge in [-0.25, -0.2) is 0 Å². The fraction of sp³-hybridized carbons (Fsp3) is 0.286. The Morgan fingerprint density at radius 2 is 1.12 bits per heavy atom. The standard InChI is InChI=1S/C35H40NO5P/c1-27(2)23-33(36-34(37)24-32(30-19-11-5-12-20-30)31-21-13-6-14-22-31)35(38)42(39,40-25-28-15-7-3-8-16-28)41-26-29-17-9-4-10-18-29/h3-22,27,32-33,35,38H,23-26H2,1-2H3,(H,36,37)/t33-,35?/m0/s1. The van der Waals surface area contributed by atoms with Gasteiger partial charge in [-0.15, -0.1) is 0 Å². The van der Waals surface area contributed by atoms with Crippen molar-refractivity contribution in [2.45, 2.75) is 57.7 Å². The molecule has 2 N–H and O–H groups in total. The highest BCUT2D eigenvalue weighted by molar-refractivity contribution is 7.54. The normalized spacial score (nSPS) is 13.2. The molecule has 0 aromatic heterocycles. The number of carbonyl (C=O) groups is 1. The molecule has 0 heterocycles. The van der Waals surface area contributed by atoms with Crippen LogP contribution < -0.4 is 5.32 Å². The van der Waals surface area contributed by atoms with Crippen molar-refractivity contribution in [2.24, 2.45) is 5.92 Å². The molecule has 0 aliphatic rings. The Hall–Kier alpha value is -3.54. The molecule has 0 bridgehead atoms. The number of benzene rings is 4. The van der Waals surface area contributed by atoms with Crippen LogP contribution in [-0.2, 0) is 31.6 Å². The number of amides is 1. The summed E-state index contributed by atoms with van der Waals surface area (Å²) in [6, 6.07) is 37.6. The number of nitrogens with one attached hydrogen (secondary N) is 1. The first-order chi connectivity index (χ1) is 20.3. The Morgan fingerprint density at radius 1 is 0.714 bits per heavy atom. The lowest BCUT2D eigenvalue weighted by Crippen LogP contribution is -2.45. The van der Waals surface area contributed by atoms with Gasteiger partial charge < -0.3 is 19.5 Å². The average molecular weight is 586 g/mol. The van der Waals surface area contributed by atoms with Crippen molar-refractivity contribution in [1.29, 1.82) is 0 Å². The van der Waals surface area contributed by atoms with Crippen molar-refractivity contribution < 1.29 is 23.5 Å². The predicted octanol–water partition coefficient (Wildman–Crippen LogP) is 7.68. The van der Waals surface area contributed by atoms with Crippen LogP contribution in [0.15, 0.2) is 121 Å². The summed E-state index contributed by atoms with van der Waals surface area (Å²) in [6.07, 6.45) is 0.553. The van der Waals surface area contributed by atoms with Crippen molar-refractivity contribution in [3.8, 4) is 0 Å². The summed E-state index contributed by atoms with van der Waals surface area (Å²) in [6.45, 7) is 3.97. The summed E-state index contributed by atoms with van der Waals surface area (Å²) in [4.78, 5) is 13.6. The first-order valence-electron chi connectivity index (χ1n) is 14.4. The Kier molecular flexibility index (Phi) is 11.7. The van der Waals surface area contributed by atoms with Gasteiger partial charge in [-0.05, 0) is 34.6 Å². The van der Waals surface area contributed by atoms with E-state index in [1.165, 1.54) is 0 Å². The lowest BCUT2D eigenvalue weighted by Gasteiger charge is -2.31. The highest BCUT2D eigenvalue weighted by atomic mass is 31.2. The molecular formula is C35H40NO5P. The fourth-order valence-corrected chi connectivity index (χ4v) is 6.58. The third kappa shape index (κ3) is 9.23. The molecule has 0 aliphatic carbocycles. The van der Waals surface area contributed by atoms with Gasteiger partial charge in [-0.3, -0.25) is 9.36 Å². The second-order valence-electron chi connectivity index (χ2n) is 10.9. The van der Waals surface area contributed by atoms with Crippen LogP contribution in [0.3, 0.4) is 0 Å². The molecule has 0 saturated carbocycles. The molecule has 0 aliphatic heterocycles. The van der Waals surface area contributed by atoms with Crippen molar-refractivity contribution in [3.05, 3.63) is 144 Å². The molecule has 1 unspecified atom stereocenters. The summed E-state index contributed by atoms with van der Waals surface area (Å²) in [5.41, 5.74) is 3.63. The minimum Gasteiger partial charge on any atom is -0.379 e. The van der Waals surface area contributed by atoms with E-state index in [1.807, 2.05) is 135 Å². The molecule has 42 heavy (non-hydrogen) atoms. The van der Waals surface area contributed by atoms with Crippen LogP contribution in [0.5, 0.6) is 0 Å². The molecule has 7 heteroatoms. The van der Waals surface area contributed by atoms with Crippen LogP contribution in [0.4, 0.5) is 0 Å². The summed E-state index contributed by atoms with van der Waals surface area (Å²) in [5, 5.41) is 14.6. The van der Waals surface area contributed by atoms with Gasteiger partial charge in [-0.2, -0.15) is 0 Å². The number of carbonyl (C=O) groups excluding carboxylic acids is 1. The Bertz CT molecular complexity index is 1310. The lowest BCUT2D eigenvalue weighted by atomic mass is 9.88. The second-order valence-corrected chi connectivity index (χ2v) is 13.0. The molecule has 0 radical (unpaired) electrons. The maximum Gasteiger partial charge on any atom is 0.361 e. The van der Waals surface area contributed by atoms with Crippen LogP contribution in [0.1, 0.15) is 54.9 Å². The van der Waals surface area contributed by atoms with Gasteiger partial charge in [0.25, 0.3) is 0 Å². The number of aliphatic hydroxyl groups is 1. The van der Waals surface area contributed by atoms with Gasteiger partial charge >= 0.3 is 7.60 Å². The quantitative estimate of drug-likeness (QED) is 0.140. The van der Waals surface area contributed by atoms with E-state index in [1.54, 1.807) is 0 Å². The number of aliphatic hydroxyl groups excluding tert-OH is 1. The SMILES string of the molecule is CC(C)C[C@H](NC(=O)CC(c1ccccc1)c1ccccc1)C(O)P(=O)(OCc1ccccc1)OCc1ccccc1. The molecule has 4 rings (SSSR count). The van der Waals surface area contributed by atoms with Crippen molar-refractivity contribution >= 4 is 13.5 Å². The Morgan fingerprint density at radius 3 is 1.52 bits per heavy atom. The number of hydrogen-bond donors (Lipinski definition) is 2. The van der Waals surface area contributed by atoms with Crippen LogP contribution in [0, 0.1) is 5.92 Å². The minimum atomic E-state index is -4.12. The Balaban J connectivity index is 1.55. The van der Waals surface area contributed by atoms with E-state index in [9.17, 15) is 14.5 Å². The van der Waals surface area contributed by atoms with Crippen LogP contribution in [0.2, 0.25) is 0 Å². The molecule has 0 spiro atoms. The van der Waals surface area contributed by atoms with E-state index >= 15 is 0 Å². The molecule has 1 amide bonds. The van der Waals surface area contributed by atoms with E-state index in [-0.39, 0.29) is 37.4 Å². The topological polar surface area (TPSA) is 84.9 Å². The summed E-state index contributed by atoms with van der Waals surface area (Å²) >= 11 is 0. The molecule has 0 fully saturated rings. The second kappa shape index (κ2) is 15.6. The molecule has 2 atom stereocenters. The zero-order valence-electron chi connectivity index (χ0n) is 24.2. The predicted molar refractivity (Wildman–Crippen MR) is 167 cm³/mol. The zero-order chi connectivity index (χ0) is 29.8. The summed E-state index contributed by atoms with van der Waals surface area (Å²) in [5.74, 6) is -1.90. The molecular weight excluding hydrogens is 545 g/mol. The average Bonchev–Trinajstić information content (AvgIpc) is 3.02. The van der Waals surface area contributed by atoms with Crippen molar-refractivity contribution in [2.75, 3.05) is 0 Å². The van der Waals surface area contributed by atoms with Gasteiger partial charge in [0.1, 0.15) is 0 Å². The van der Waals surface area contributed by atoms with Crippen LogP contribution >= 0.6 is 7.60 Å². The molecule has 4 aromatic carbocycles. The highest BCUT2D eigenvalue weighted by Gasteiger charge is 2.41. The van der Waals surface area contributed by atoms with E-state index < -0.39 is 19.5 Å².